The average molecular weight is 180 g/mol. The number of rotatable bonds is 4. The lowest BCUT2D eigenvalue weighted by Gasteiger charge is -2.31. The largest absolute Gasteiger partial charge is 0.374 e. The molecule has 0 aromatic carbocycles. The maximum atomic E-state index is 5.91. The summed E-state index contributed by atoms with van der Waals surface area (Å²) in [6.45, 7) is 10.0. The minimum Gasteiger partial charge on any atom is -0.374 e. The number of ether oxygens (including phenoxy) is 1. The lowest BCUT2D eigenvalue weighted by molar-refractivity contribution is -0.0328. The van der Waals surface area contributed by atoms with Gasteiger partial charge in [0.15, 0.2) is 0 Å². The Labute approximate surface area is 81.5 Å². The molecule has 1 fully saturated rings. The van der Waals surface area contributed by atoms with Gasteiger partial charge in [-0.15, -0.1) is 6.58 Å². The van der Waals surface area contributed by atoms with Crippen molar-refractivity contribution < 1.29 is 4.74 Å². The summed E-state index contributed by atoms with van der Waals surface area (Å²) in [5, 5.41) is 0. The summed E-state index contributed by atoms with van der Waals surface area (Å²) >= 11 is 0. The van der Waals surface area contributed by atoms with E-state index in [9.17, 15) is 0 Å². The molecule has 1 nitrogen and oxygen atoms in total. The van der Waals surface area contributed by atoms with Crippen LogP contribution in [0.15, 0.2) is 24.8 Å². The van der Waals surface area contributed by atoms with E-state index in [2.05, 4.69) is 20.1 Å². The summed E-state index contributed by atoms with van der Waals surface area (Å²) in [7, 11) is 0. The molecule has 13 heavy (non-hydrogen) atoms. The van der Waals surface area contributed by atoms with Crippen molar-refractivity contribution >= 4 is 0 Å². The molecule has 0 aromatic heterocycles. The molecule has 0 bridgehead atoms. The minimum absolute atomic E-state index is 0.343. The van der Waals surface area contributed by atoms with Gasteiger partial charge in [0, 0.05) is 0 Å². The Morgan fingerprint density at radius 3 is 2.77 bits per heavy atom. The first kappa shape index (κ1) is 10.5. The Kier molecular flexibility index (Phi) is 4.23. The van der Waals surface area contributed by atoms with Crippen LogP contribution in [0.25, 0.3) is 0 Å². The van der Waals surface area contributed by atoms with Crippen molar-refractivity contribution in [2.24, 2.45) is 0 Å². The van der Waals surface area contributed by atoms with Crippen LogP contribution < -0.4 is 0 Å². The SMILES string of the molecule is C=CC[C@@H]1CC(=C)C[C@@H](CCC)O1. The van der Waals surface area contributed by atoms with Gasteiger partial charge < -0.3 is 4.74 Å². The zero-order chi connectivity index (χ0) is 9.68. The fourth-order valence-corrected chi connectivity index (χ4v) is 1.91. The molecule has 1 heteroatoms. The molecule has 1 heterocycles. The average Bonchev–Trinajstić information content (AvgIpc) is 2.04. The second-order valence-electron chi connectivity index (χ2n) is 3.85. The smallest absolute Gasteiger partial charge is 0.0650 e. The van der Waals surface area contributed by atoms with Crippen molar-refractivity contribution in [3.63, 3.8) is 0 Å². The summed E-state index contributed by atoms with van der Waals surface area (Å²) < 4.78 is 5.91. The predicted molar refractivity (Wildman–Crippen MR) is 56.8 cm³/mol. The van der Waals surface area contributed by atoms with Gasteiger partial charge in [0.1, 0.15) is 0 Å². The Morgan fingerprint density at radius 2 is 2.15 bits per heavy atom. The van der Waals surface area contributed by atoms with Crippen molar-refractivity contribution in [2.45, 2.75) is 51.2 Å². The molecule has 0 saturated carbocycles. The lowest BCUT2D eigenvalue weighted by atomic mass is 9.95. The van der Waals surface area contributed by atoms with E-state index >= 15 is 0 Å². The van der Waals surface area contributed by atoms with E-state index in [1.54, 1.807) is 0 Å². The van der Waals surface area contributed by atoms with Gasteiger partial charge in [0.2, 0.25) is 0 Å². The third-order valence-electron chi connectivity index (χ3n) is 2.46. The third kappa shape index (κ3) is 3.35. The molecule has 1 aliphatic heterocycles. The summed E-state index contributed by atoms with van der Waals surface area (Å²) in [4.78, 5) is 0. The second-order valence-corrected chi connectivity index (χ2v) is 3.85. The Bertz CT molecular complexity index is 184. The third-order valence-corrected chi connectivity index (χ3v) is 2.46. The monoisotopic (exact) mass is 180 g/mol. The molecule has 1 rings (SSSR count). The number of hydrogen-bond donors (Lipinski definition) is 0. The highest BCUT2D eigenvalue weighted by Crippen LogP contribution is 2.27. The molecule has 1 saturated heterocycles. The Hall–Kier alpha value is -0.560. The molecule has 0 radical (unpaired) electrons. The topological polar surface area (TPSA) is 9.23 Å². The molecule has 2 atom stereocenters. The van der Waals surface area contributed by atoms with E-state index in [0.29, 0.717) is 12.2 Å². The van der Waals surface area contributed by atoms with E-state index in [1.165, 1.54) is 12.0 Å². The van der Waals surface area contributed by atoms with Gasteiger partial charge in [-0.3, -0.25) is 0 Å². The molecule has 0 amide bonds. The highest BCUT2D eigenvalue weighted by atomic mass is 16.5. The van der Waals surface area contributed by atoms with Crippen LogP contribution in [0.3, 0.4) is 0 Å². The molecule has 74 valence electrons. The standard InChI is InChI=1S/C12H20O/c1-4-6-11-8-10(3)9-12(13-11)7-5-2/h4,11-12H,1,3,5-9H2,2H3/t11-,12-/m1/s1. The zero-order valence-electron chi connectivity index (χ0n) is 8.59. The van der Waals surface area contributed by atoms with Crippen molar-refractivity contribution in [3.05, 3.63) is 24.8 Å². The van der Waals surface area contributed by atoms with E-state index in [1.807, 2.05) is 6.08 Å². The molecule has 0 aromatic rings. The van der Waals surface area contributed by atoms with Gasteiger partial charge in [-0.2, -0.15) is 0 Å². The van der Waals surface area contributed by atoms with E-state index in [-0.39, 0.29) is 0 Å². The molecule has 0 unspecified atom stereocenters. The molecule has 0 spiro atoms. The Morgan fingerprint density at radius 1 is 1.46 bits per heavy atom. The van der Waals surface area contributed by atoms with Gasteiger partial charge in [0.05, 0.1) is 12.2 Å². The van der Waals surface area contributed by atoms with Gasteiger partial charge >= 0.3 is 0 Å². The summed E-state index contributed by atoms with van der Waals surface area (Å²) in [5.41, 5.74) is 1.34. The first-order chi connectivity index (χ1) is 6.26. The molecule has 1 aliphatic rings. The van der Waals surface area contributed by atoms with Crippen LogP contribution in [0.1, 0.15) is 39.0 Å². The van der Waals surface area contributed by atoms with Crippen molar-refractivity contribution in [1.29, 1.82) is 0 Å². The summed E-state index contributed by atoms with van der Waals surface area (Å²) in [6.07, 6.45) is 8.08. The second kappa shape index (κ2) is 5.23. The first-order valence-corrected chi connectivity index (χ1v) is 5.19. The normalized spacial score (nSPS) is 28.8. The lowest BCUT2D eigenvalue weighted by Crippen LogP contribution is -2.28. The van der Waals surface area contributed by atoms with E-state index < -0.39 is 0 Å². The fourth-order valence-electron chi connectivity index (χ4n) is 1.91. The number of hydrogen-bond acceptors (Lipinski definition) is 1. The molecule has 0 N–H and O–H groups in total. The quantitative estimate of drug-likeness (QED) is 0.602. The van der Waals surface area contributed by atoms with Gasteiger partial charge in [-0.1, -0.05) is 31.6 Å². The van der Waals surface area contributed by atoms with E-state index in [0.717, 1.165) is 25.7 Å². The van der Waals surface area contributed by atoms with Crippen molar-refractivity contribution in [3.8, 4) is 0 Å². The zero-order valence-corrected chi connectivity index (χ0v) is 8.59. The van der Waals surface area contributed by atoms with Gasteiger partial charge in [-0.25, -0.2) is 0 Å². The van der Waals surface area contributed by atoms with E-state index in [4.69, 9.17) is 4.74 Å². The maximum absolute atomic E-state index is 5.91. The highest BCUT2D eigenvalue weighted by Gasteiger charge is 2.22. The van der Waals surface area contributed by atoms with Crippen molar-refractivity contribution in [1.82, 2.24) is 0 Å². The van der Waals surface area contributed by atoms with Crippen LogP contribution >= 0.6 is 0 Å². The first-order valence-electron chi connectivity index (χ1n) is 5.19. The summed E-state index contributed by atoms with van der Waals surface area (Å²) in [6, 6.07) is 0. The highest BCUT2D eigenvalue weighted by molar-refractivity contribution is 5.02. The maximum Gasteiger partial charge on any atom is 0.0650 e. The van der Waals surface area contributed by atoms with Crippen LogP contribution in [0, 0.1) is 0 Å². The molecule has 0 aliphatic carbocycles. The van der Waals surface area contributed by atoms with Gasteiger partial charge in [0.25, 0.3) is 0 Å². The van der Waals surface area contributed by atoms with Crippen LogP contribution in [-0.4, -0.2) is 12.2 Å². The van der Waals surface area contributed by atoms with Crippen LogP contribution in [-0.2, 0) is 4.74 Å². The molecular weight excluding hydrogens is 160 g/mol. The molecular formula is C12H20O. The fraction of sp³-hybridized carbons (Fsp3) is 0.667. The van der Waals surface area contributed by atoms with Gasteiger partial charge in [-0.05, 0) is 25.7 Å². The summed E-state index contributed by atoms with van der Waals surface area (Å²) in [5.74, 6) is 0. The van der Waals surface area contributed by atoms with Crippen LogP contribution in [0.4, 0.5) is 0 Å². The Balaban J connectivity index is 2.42. The van der Waals surface area contributed by atoms with Crippen molar-refractivity contribution in [2.75, 3.05) is 0 Å². The van der Waals surface area contributed by atoms with Crippen LogP contribution in [0.5, 0.6) is 0 Å². The minimum atomic E-state index is 0.343. The predicted octanol–water partition coefficient (Wildman–Crippen LogP) is 3.47. The van der Waals surface area contributed by atoms with Crippen LogP contribution in [0.2, 0.25) is 0 Å².